The molecule has 4 rings (SSSR count). The van der Waals surface area contributed by atoms with Crippen molar-refractivity contribution >= 4 is 28.5 Å². The molecule has 0 bridgehead atoms. The zero-order valence-corrected chi connectivity index (χ0v) is 20.8. The number of carbonyl (C=O) groups is 2. The van der Waals surface area contributed by atoms with Crippen LogP contribution in [-0.2, 0) is 9.53 Å². The second kappa shape index (κ2) is 13.1. The van der Waals surface area contributed by atoms with Crippen LogP contribution in [0.1, 0.15) is 24.5 Å². The third kappa shape index (κ3) is 7.33. The fourth-order valence-electron chi connectivity index (χ4n) is 4.08. The molecule has 0 saturated carbocycles. The Kier molecular flexibility index (Phi) is 9.10. The standard InChI is InChI=1S/C30H27FN2O6/c31-24-19-21(17-18-26(24)34)29(39-30(36)32-25-14-8-10-20-9-4-5-13-23(20)25)27(15-6-7-16-28(35)33-37)38-22-11-2-1-3-12-22/h1-5,7-14,16-19,27,29,34,37H,6,15H2,(H,32,36)(H,33,35)/b16-7+/t27-,29-/m0/s1. The minimum absolute atomic E-state index is 0.249. The Morgan fingerprint density at radius 1 is 0.949 bits per heavy atom. The number of rotatable bonds is 10. The van der Waals surface area contributed by atoms with Gasteiger partial charge < -0.3 is 14.6 Å². The maximum absolute atomic E-state index is 14.4. The lowest BCUT2D eigenvalue weighted by molar-refractivity contribution is -0.124. The second-order valence-corrected chi connectivity index (χ2v) is 8.61. The summed E-state index contributed by atoms with van der Waals surface area (Å²) in [5.74, 6) is -1.63. The van der Waals surface area contributed by atoms with E-state index in [1.807, 2.05) is 36.4 Å². The first-order chi connectivity index (χ1) is 18.9. The zero-order valence-electron chi connectivity index (χ0n) is 20.8. The van der Waals surface area contributed by atoms with Crippen LogP contribution in [0.5, 0.6) is 11.5 Å². The number of nitrogens with one attached hydrogen (secondary N) is 2. The summed E-state index contributed by atoms with van der Waals surface area (Å²) in [7, 11) is 0. The summed E-state index contributed by atoms with van der Waals surface area (Å²) in [6.45, 7) is 0. The van der Waals surface area contributed by atoms with Gasteiger partial charge in [-0.25, -0.2) is 14.7 Å². The van der Waals surface area contributed by atoms with Gasteiger partial charge in [0.2, 0.25) is 0 Å². The quantitative estimate of drug-likeness (QED) is 0.109. The lowest BCUT2D eigenvalue weighted by Gasteiger charge is -2.28. The van der Waals surface area contributed by atoms with Crippen molar-refractivity contribution in [3.63, 3.8) is 0 Å². The summed E-state index contributed by atoms with van der Waals surface area (Å²) in [4.78, 5) is 24.5. The molecule has 9 heteroatoms. The number of amides is 2. The number of phenolic OH excluding ortho intramolecular Hbond substituents is 1. The molecule has 4 aromatic rings. The van der Waals surface area contributed by atoms with Gasteiger partial charge >= 0.3 is 6.09 Å². The molecule has 0 fully saturated rings. The highest BCUT2D eigenvalue weighted by Gasteiger charge is 2.30. The van der Waals surface area contributed by atoms with Gasteiger partial charge in [-0.2, -0.15) is 0 Å². The number of hydroxylamine groups is 1. The van der Waals surface area contributed by atoms with Gasteiger partial charge in [-0.3, -0.25) is 15.3 Å². The van der Waals surface area contributed by atoms with Gasteiger partial charge in [0, 0.05) is 11.5 Å². The smallest absolute Gasteiger partial charge is 0.412 e. The van der Waals surface area contributed by atoms with Crippen LogP contribution < -0.4 is 15.5 Å². The fraction of sp³-hybridized carbons (Fsp3) is 0.133. The van der Waals surface area contributed by atoms with Crippen molar-refractivity contribution in [1.29, 1.82) is 0 Å². The van der Waals surface area contributed by atoms with Crippen LogP contribution in [0.2, 0.25) is 0 Å². The third-order valence-electron chi connectivity index (χ3n) is 5.93. The first kappa shape index (κ1) is 27.2. The van der Waals surface area contributed by atoms with Gasteiger partial charge in [-0.1, -0.05) is 66.7 Å². The van der Waals surface area contributed by atoms with E-state index in [-0.39, 0.29) is 12.0 Å². The van der Waals surface area contributed by atoms with Gasteiger partial charge in [0.15, 0.2) is 17.7 Å². The van der Waals surface area contributed by atoms with Crippen molar-refractivity contribution in [2.45, 2.75) is 25.0 Å². The molecule has 2 atom stereocenters. The molecule has 0 saturated heterocycles. The van der Waals surface area contributed by atoms with Crippen LogP contribution in [-0.4, -0.2) is 28.4 Å². The summed E-state index contributed by atoms with van der Waals surface area (Å²) in [5, 5.41) is 23.0. The molecule has 200 valence electrons. The van der Waals surface area contributed by atoms with Crippen molar-refractivity contribution in [3.8, 4) is 11.5 Å². The molecule has 0 aliphatic heterocycles. The van der Waals surface area contributed by atoms with E-state index in [9.17, 15) is 19.1 Å². The van der Waals surface area contributed by atoms with E-state index in [1.54, 1.807) is 36.4 Å². The minimum Gasteiger partial charge on any atom is -0.505 e. The first-order valence-corrected chi connectivity index (χ1v) is 12.2. The van der Waals surface area contributed by atoms with Crippen LogP contribution >= 0.6 is 0 Å². The molecule has 0 heterocycles. The number of fused-ring (bicyclic) bond motifs is 1. The molecule has 0 aliphatic rings. The Labute approximate surface area is 224 Å². The molecular formula is C30H27FN2O6. The summed E-state index contributed by atoms with van der Waals surface area (Å²) < 4.78 is 26.4. The van der Waals surface area contributed by atoms with E-state index >= 15 is 0 Å². The van der Waals surface area contributed by atoms with Gasteiger partial charge in [0.05, 0.1) is 5.69 Å². The predicted molar refractivity (Wildman–Crippen MR) is 144 cm³/mol. The molecule has 39 heavy (non-hydrogen) atoms. The van der Waals surface area contributed by atoms with E-state index in [0.29, 0.717) is 17.9 Å². The lowest BCUT2D eigenvalue weighted by Crippen LogP contribution is -2.31. The monoisotopic (exact) mass is 530 g/mol. The Balaban J connectivity index is 1.64. The number of anilines is 1. The van der Waals surface area contributed by atoms with Crippen LogP contribution in [0.3, 0.4) is 0 Å². The second-order valence-electron chi connectivity index (χ2n) is 8.61. The Morgan fingerprint density at radius 3 is 2.46 bits per heavy atom. The normalized spacial score (nSPS) is 12.6. The summed E-state index contributed by atoms with van der Waals surface area (Å²) in [6, 6.07) is 25.5. The largest absolute Gasteiger partial charge is 0.505 e. The summed E-state index contributed by atoms with van der Waals surface area (Å²) in [5.41, 5.74) is 2.31. The third-order valence-corrected chi connectivity index (χ3v) is 5.93. The van der Waals surface area contributed by atoms with Gasteiger partial charge in [-0.15, -0.1) is 0 Å². The van der Waals surface area contributed by atoms with Gasteiger partial charge in [-0.05, 0) is 54.1 Å². The molecule has 4 aromatic carbocycles. The van der Waals surface area contributed by atoms with Crippen LogP contribution in [0.15, 0.2) is 103 Å². The van der Waals surface area contributed by atoms with E-state index in [2.05, 4.69) is 5.32 Å². The zero-order chi connectivity index (χ0) is 27.6. The number of phenols is 1. The van der Waals surface area contributed by atoms with E-state index in [1.165, 1.54) is 23.7 Å². The highest BCUT2D eigenvalue weighted by Crippen LogP contribution is 2.32. The molecule has 0 aromatic heterocycles. The topological polar surface area (TPSA) is 117 Å². The maximum Gasteiger partial charge on any atom is 0.412 e. The van der Waals surface area contributed by atoms with Crippen molar-refractivity contribution in [1.82, 2.24) is 5.48 Å². The first-order valence-electron chi connectivity index (χ1n) is 12.2. The highest BCUT2D eigenvalue weighted by molar-refractivity contribution is 6.00. The molecule has 0 unspecified atom stereocenters. The van der Waals surface area contributed by atoms with Crippen molar-refractivity contribution in [3.05, 3.63) is 115 Å². The van der Waals surface area contributed by atoms with Crippen molar-refractivity contribution in [2.75, 3.05) is 5.32 Å². The molecule has 0 radical (unpaired) electrons. The number of hydrogen-bond donors (Lipinski definition) is 4. The number of hydrogen-bond acceptors (Lipinski definition) is 6. The van der Waals surface area contributed by atoms with Gasteiger partial charge in [0.25, 0.3) is 5.91 Å². The van der Waals surface area contributed by atoms with Crippen molar-refractivity contribution < 1.29 is 33.8 Å². The molecule has 0 aliphatic carbocycles. The SMILES string of the molecule is O=C(/C=C/CC[C@H](Oc1ccccc1)[C@@H](OC(=O)Nc1cccc2ccccc12)c1ccc(O)c(F)c1)NO. The minimum atomic E-state index is -1.10. The van der Waals surface area contributed by atoms with E-state index in [0.717, 1.165) is 22.9 Å². The van der Waals surface area contributed by atoms with Crippen LogP contribution in [0.4, 0.5) is 14.9 Å². The number of halogens is 1. The van der Waals surface area contributed by atoms with Crippen molar-refractivity contribution in [2.24, 2.45) is 0 Å². The van der Waals surface area contributed by atoms with E-state index in [4.69, 9.17) is 14.7 Å². The average molecular weight is 531 g/mol. The van der Waals surface area contributed by atoms with Crippen LogP contribution in [0.25, 0.3) is 10.8 Å². The number of allylic oxidation sites excluding steroid dienone is 1. The fourth-order valence-corrected chi connectivity index (χ4v) is 4.08. The average Bonchev–Trinajstić information content (AvgIpc) is 2.95. The number of benzene rings is 4. The molecule has 2 amide bonds. The Hall–Kier alpha value is -4.89. The molecule has 0 spiro atoms. The lowest BCUT2D eigenvalue weighted by atomic mass is 9.99. The number of carbonyl (C=O) groups excluding carboxylic acids is 2. The van der Waals surface area contributed by atoms with Crippen LogP contribution in [0, 0.1) is 5.82 Å². The highest BCUT2D eigenvalue weighted by atomic mass is 19.1. The Morgan fingerprint density at radius 2 is 1.69 bits per heavy atom. The number of para-hydroxylation sites is 1. The van der Waals surface area contributed by atoms with E-state index < -0.39 is 35.8 Å². The molecule has 8 nitrogen and oxygen atoms in total. The molecule has 4 N–H and O–H groups in total. The summed E-state index contributed by atoms with van der Waals surface area (Å²) in [6.07, 6.45) is 0.517. The number of aromatic hydroxyl groups is 1. The predicted octanol–water partition coefficient (Wildman–Crippen LogP) is 6.26. The number of ether oxygens (including phenoxy) is 2. The maximum atomic E-state index is 14.4. The molecular weight excluding hydrogens is 503 g/mol. The Bertz CT molecular complexity index is 1460. The van der Waals surface area contributed by atoms with Gasteiger partial charge in [0.1, 0.15) is 11.9 Å². The summed E-state index contributed by atoms with van der Waals surface area (Å²) >= 11 is 0.